The summed E-state index contributed by atoms with van der Waals surface area (Å²) in [5, 5.41) is 10.6. The number of hydrogen-bond acceptors (Lipinski definition) is 6. The van der Waals surface area contributed by atoms with Crippen molar-refractivity contribution in [3.63, 3.8) is 0 Å². The van der Waals surface area contributed by atoms with E-state index in [2.05, 4.69) is 57.9 Å². The van der Waals surface area contributed by atoms with E-state index in [9.17, 15) is 5.11 Å². The molecule has 3 aromatic rings. The van der Waals surface area contributed by atoms with Crippen molar-refractivity contribution in [2.75, 3.05) is 44.2 Å². The van der Waals surface area contributed by atoms with Crippen LogP contribution in [-0.4, -0.2) is 59.3 Å². The lowest BCUT2D eigenvalue weighted by molar-refractivity contribution is 0.188. The maximum absolute atomic E-state index is 9.22. The number of benzene rings is 1. The topological polar surface area (TPSA) is 52.5 Å². The Morgan fingerprint density at radius 3 is 2.38 bits per heavy atom. The first-order valence-corrected chi connectivity index (χ1v) is 11.5. The highest BCUT2D eigenvalue weighted by molar-refractivity contribution is 7.19. The van der Waals surface area contributed by atoms with Gasteiger partial charge in [-0.05, 0) is 35.6 Å². The van der Waals surface area contributed by atoms with Crippen LogP contribution in [0.4, 0.5) is 5.82 Å². The molecule has 4 rings (SSSR count). The van der Waals surface area contributed by atoms with Crippen LogP contribution < -0.4 is 4.90 Å². The first-order chi connectivity index (χ1) is 14.1. The Morgan fingerprint density at radius 2 is 1.76 bits per heavy atom. The number of hydrogen-bond donors (Lipinski definition) is 1. The molecule has 1 aliphatic rings. The molecule has 1 saturated heterocycles. The van der Waals surface area contributed by atoms with E-state index in [0.717, 1.165) is 61.6 Å². The van der Waals surface area contributed by atoms with E-state index in [-0.39, 0.29) is 6.61 Å². The molecule has 3 heterocycles. The molecule has 1 aliphatic heterocycles. The third-order valence-corrected chi connectivity index (χ3v) is 7.04. The van der Waals surface area contributed by atoms with Crippen LogP contribution >= 0.6 is 22.9 Å². The fourth-order valence-corrected chi connectivity index (χ4v) is 5.36. The normalized spacial score (nSPS) is 15.4. The molecule has 1 N–H and O–H groups in total. The van der Waals surface area contributed by atoms with Crippen molar-refractivity contribution in [2.45, 2.75) is 26.7 Å². The molecule has 29 heavy (non-hydrogen) atoms. The van der Waals surface area contributed by atoms with Gasteiger partial charge in [0.1, 0.15) is 10.6 Å². The average molecular weight is 431 g/mol. The molecule has 0 bridgehead atoms. The maximum Gasteiger partial charge on any atom is 0.225 e. The number of halogens is 1. The Kier molecular flexibility index (Phi) is 6.35. The van der Waals surface area contributed by atoms with E-state index in [1.807, 2.05) is 0 Å². The number of aliphatic hydroxyl groups is 1. The number of nitrogens with zero attached hydrogens (tertiary/aromatic N) is 4. The van der Waals surface area contributed by atoms with Crippen LogP contribution in [0.5, 0.6) is 0 Å². The van der Waals surface area contributed by atoms with Crippen LogP contribution in [0, 0.1) is 0 Å². The van der Waals surface area contributed by atoms with E-state index in [1.54, 1.807) is 11.3 Å². The molecule has 0 atom stereocenters. The number of aromatic nitrogens is 2. The molecule has 0 radical (unpaired) electrons. The molecule has 1 aromatic carbocycles. The summed E-state index contributed by atoms with van der Waals surface area (Å²) in [5.74, 6) is 0.939. The Hall–Kier alpha value is -1.73. The van der Waals surface area contributed by atoms with E-state index >= 15 is 0 Å². The minimum Gasteiger partial charge on any atom is -0.395 e. The second kappa shape index (κ2) is 8.96. The zero-order valence-corrected chi connectivity index (χ0v) is 18.6. The maximum atomic E-state index is 9.22. The van der Waals surface area contributed by atoms with Crippen LogP contribution in [0.25, 0.3) is 21.3 Å². The number of β-amino-alcohol motifs (C(OH)–C–C–N with tert-alkyl or cyclic N) is 1. The van der Waals surface area contributed by atoms with Crippen molar-refractivity contribution in [3.8, 4) is 11.1 Å². The van der Waals surface area contributed by atoms with Crippen molar-refractivity contribution in [1.29, 1.82) is 0 Å². The fourth-order valence-electron chi connectivity index (χ4n) is 4.02. The van der Waals surface area contributed by atoms with Crippen molar-refractivity contribution in [3.05, 3.63) is 40.0 Å². The number of rotatable bonds is 6. The average Bonchev–Trinajstić information content (AvgIpc) is 3.12. The van der Waals surface area contributed by atoms with E-state index < -0.39 is 0 Å². The Balaban J connectivity index is 1.81. The van der Waals surface area contributed by atoms with Crippen molar-refractivity contribution < 1.29 is 5.11 Å². The summed E-state index contributed by atoms with van der Waals surface area (Å²) >= 11 is 8.05. The van der Waals surface area contributed by atoms with Gasteiger partial charge in [-0.25, -0.2) is 4.98 Å². The molecular formula is C22H27ClN4OS. The van der Waals surface area contributed by atoms with Crippen molar-refractivity contribution in [1.82, 2.24) is 14.9 Å². The SMILES string of the molecule is CCc1ccc(-c2c(CC)sc3nc(Cl)nc(N4CCN(CCO)CC4)c23)cc1. The molecule has 0 spiro atoms. The van der Waals surface area contributed by atoms with Gasteiger partial charge in [0, 0.05) is 43.2 Å². The van der Waals surface area contributed by atoms with Crippen LogP contribution in [0.2, 0.25) is 5.28 Å². The predicted octanol–water partition coefficient (Wildman–Crippen LogP) is 4.25. The molecule has 5 nitrogen and oxygen atoms in total. The van der Waals surface area contributed by atoms with Crippen LogP contribution in [-0.2, 0) is 12.8 Å². The summed E-state index contributed by atoms with van der Waals surface area (Å²) in [5.41, 5.74) is 3.81. The molecule has 0 aliphatic carbocycles. The first kappa shape index (κ1) is 20.5. The lowest BCUT2D eigenvalue weighted by Crippen LogP contribution is -2.47. The largest absolute Gasteiger partial charge is 0.395 e. The molecule has 2 aromatic heterocycles. The summed E-state index contributed by atoms with van der Waals surface area (Å²) in [6.45, 7) is 8.85. The summed E-state index contributed by atoms with van der Waals surface area (Å²) in [7, 11) is 0. The van der Waals surface area contributed by atoms with Gasteiger partial charge in [0.2, 0.25) is 5.28 Å². The zero-order chi connectivity index (χ0) is 20.4. The van der Waals surface area contributed by atoms with Crippen molar-refractivity contribution >= 4 is 39.0 Å². The fraction of sp³-hybridized carbons (Fsp3) is 0.455. The van der Waals surface area contributed by atoms with Gasteiger partial charge < -0.3 is 10.0 Å². The van der Waals surface area contributed by atoms with Crippen LogP contribution in [0.1, 0.15) is 24.3 Å². The summed E-state index contributed by atoms with van der Waals surface area (Å²) in [6.07, 6.45) is 1.99. The third-order valence-electron chi connectivity index (χ3n) is 5.64. The Morgan fingerprint density at radius 1 is 1.03 bits per heavy atom. The van der Waals surface area contributed by atoms with Gasteiger partial charge in [0.05, 0.1) is 12.0 Å². The van der Waals surface area contributed by atoms with Crippen LogP contribution in [0.3, 0.4) is 0 Å². The number of fused-ring (bicyclic) bond motifs is 1. The molecule has 154 valence electrons. The third kappa shape index (κ3) is 4.12. The van der Waals surface area contributed by atoms with E-state index in [4.69, 9.17) is 11.6 Å². The van der Waals surface area contributed by atoms with Crippen molar-refractivity contribution in [2.24, 2.45) is 0 Å². The van der Waals surface area contributed by atoms with Crippen LogP contribution in [0.15, 0.2) is 24.3 Å². The van der Waals surface area contributed by atoms with Gasteiger partial charge in [-0.15, -0.1) is 11.3 Å². The number of aryl methyl sites for hydroxylation is 2. The van der Waals surface area contributed by atoms with Gasteiger partial charge in [0.15, 0.2) is 0 Å². The number of thiophene rings is 1. The summed E-state index contributed by atoms with van der Waals surface area (Å²) < 4.78 is 0. The van der Waals surface area contributed by atoms with Gasteiger partial charge in [-0.3, -0.25) is 4.90 Å². The minimum atomic E-state index is 0.200. The highest BCUT2D eigenvalue weighted by Crippen LogP contribution is 2.43. The second-order valence-corrected chi connectivity index (χ2v) is 8.77. The van der Waals surface area contributed by atoms with E-state index in [1.165, 1.54) is 21.6 Å². The lowest BCUT2D eigenvalue weighted by atomic mass is 10.00. The number of aliphatic hydroxyl groups excluding tert-OH is 1. The zero-order valence-electron chi connectivity index (χ0n) is 17.0. The van der Waals surface area contributed by atoms with Gasteiger partial charge in [-0.1, -0.05) is 38.1 Å². The lowest BCUT2D eigenvalue weighted by Gasteiger charge is -2.35. The molecule has 7 heteroatoms. The quantitative estimate of drug-likeness (QED) is 0.592. The molecule has 1 fully saturated rings. The Labute approximate surface area is 181 Å². The standard InChI is InChI=1S/C22H27ClN4OS/c1-3-15-5-7-16(8-6-15)18-17(4-2)29-21-19(18)20(24-22(23)25-21)27-11-9-26(10-12-27)13-14-28/h5-8,28H,3-4,9-14H2,1-2H3. The highest BCUT2D eigenvalue weighted by Gasteiger charge is 2.25. The minimum absolute atomic E-state index is 0.200. The molecule has 0 saturated carbocycles. The highest BCUT2D eigenvalue weighted by atomic mass is 35.5. The Bertz CT molecular complexity index is 981. The van der Waals surface area contributed by atoms with Gasteiger partial charge >= 0.3 is 0 Å². The molecule has 0 amide bonds. The number of anilines is 1. The van der Waals surface area contributed by atoms with E-state index in [0.29, 0.717) is 5.28 Å². The molecular weight excluding hydrogens is 404 g/mol. The summed E-state index contributed by atoms with van der Waals surface area (Å²) in [6, 6.07) is 8.86. The summed E-state index contributed by atoms with van der Waals surface area (Å²) in [4.78, 5) is 16.1. The smallest absolute Gasteiger partial charge is 0.225 e. The number of piperazine rings is 1. The molecule has 0 unspecified atom stereocenters. The second-order valence-electron chi connectivity index (χ2n) is 7.35. The van der Waals surface area contributed by atoms with Gasteiger partial charge in [0.25, 0.3) is 0 Å². The predicted molar refractivity (Wildman–Crippen MR) is 122 cm³/mol. The van der Waals surface area contributed by atoms with Gasteiger partial charge in [-0.2, -0.15) is 4.98 Å². The first-order valence-electron chi connectivity index (χ1n) is 10.3. The monoisotopic (exact) mass is 430 g/mol.